The van der Waals surface area contributed by atoms with E-state index in [0.717, 1.165) is 37.7 Å². The first-order chi connectivity index (χ1) is 16.6. The van der Waals surface area contributed by atoms with Gasteiger partial charge in [0.1, 0.15) is 18.3 Å². The van der Waals surface area contributed by atoms with E-state index in [1.807, 2.05) is 37.3 Å². The summed E-state index contributed by atoms with van der Waals surface area (Å²) in [7, 11) is 0. The Hall–Kier alpha value is -1.91. The number of carbonyl (C=O) groups is 1. The fourth-order valence-corrected chi connectivity index (χ4v) is 5.50. The number of ether oxygens (including phenoxy) is 1. The Bertz CT molecular complexity index is 888. The fraction of sp³-hybridized carbons (Fsp3) is 0.645. The molecule has 0 unspecified atom stereocenters. The molecule has 0 radical (unpaired) electrons. The molecule has 1 saturated heterocycles. The highest BCUT2D eigenvalue weighted by atomic mass is 17.2. The fourth-order valence-electron chi connectivity index (χ4n) is 5.50. The zero-order chi connectivity index (χ0) is 25.5. The topological polar surface area (TPSA) is 44.8 Å². The van der Waals surface area contributed by atoms with Gasteiger partial charge in [0.05, 0.1) is 5.92 Å². The molecular formula is C31H46O4. The van der Waals surface area contributed by atoms with Gasteiger partial charge in [-0.25, -0.2) is 9.78 Å². The molecule has 0 N–H and O–H groups in total. The van der Waals surface area contributed by atoms with E-state index in [2.05, 4.69) is 40.7 Å². The molecule has 1 heterocycles. The lowest BCUT2D eigenvalue weighted by molar-refractivity contribution is -0.411. The number of esters is 1. The van der Waals surface area contributed by atoms with Crippen LogP contribution in [0.4, 0.5) is 0 Å². The molecule has 35 heavy (non-hydrogen) atoms. The Balaban J connectivity index is 1.39. The molecule has 3 rings (SSSR count). The standard InChI is InChI=1S/C31H46O4/c1-23(16-17-27-24(2)13-11-19-30(27,4)5)12-10-20-31(6)21-18-28(34-35-31)25(3)29(32)33-22-26-14-8-7-9-15-26/h7-9,12,14-15,25,28H,10-11,13,16-22H2,1-6H3/t25-,28-,31+/m0/s1. The van der Waals surface area contributed by atoms with Crippen LogP contribution in [0.5, 0.6) is 0 Å². The van der Waals surface area contributed by atoms with Gasteiger partial charge in [0.25, 0.3) is 0 Å². The number of rotatable bonds is 10. The third kappa shape index (κ3) is 8.05. The van der Waals surface area contributed by atoms with Crippen molar-refractivity contribution >= 4 is 5.97 Å². The molecule has 0 aromatic heterocycles. The first-order valence-electron chi connectivity index (χ1n) is 13.5. The van der Waals surface area contributed by atoms with Crippen molar-refractivity contribution in [2.45, 2.75) is 118 Å². The quantitative estimate of drug-likeness (QED) is 0.191. The maximum absolute atomic E-state index is 12.5. The second-order valence-corrected chi connectivity index (χ2v) is 11.7. The summed E-state index contributed by atoms with van der Waals surface area (Å²) >= 11 is 0. The molecule has 0 spiro atoms. The molecule has 3 atom stereocenters. The highest BCUT2D eigenvalue weighted by Gasteiger charge is 2.38. The molecule has 0 saturated carbocycles. The molecule has 2 aliphatic rings. The van der Waals surface area contributed by atoms with Crippen LogP contribution in [0.15, 0.2) is 53.1 Å². The average molecular weight is 483 g/mol. The van der Waals surface area contributed by atoms with Gasteiger partial charge in [-0.2, -0.15) is 0 Å². The Morgan fingerprint density at radius 1 is 1.20 bits per heavy atom. The van der Waals surface area contributed by atoms with Crippen molar-refractivity contribution in [3.05, 3.63) is 58.7 Å². The molecule has 194 valence electrons. The van der Waals surface area contributed by atoms with E-state index in [1.165, 1.54) is 31.3 Å². The van der Waals surface area contributed by atoms with Crippen LogP contribution >= 0.6 is 0 Å². The van der Waals surface area contributed by atoms with Gasteiger partial charge in [-0.15, -0.1) is 0 Å². The van der Waals surface area contributed by atoms with E-state index in [-0.39, 0.29) is 30.2 Å². The summed E-state index contributed by atoms with van der Waals surface area (Å²) in [5, 5.41) is 0. The number of carbonyl (C=O) groups excluding carboxylic acids is 1. The lowest BCUT2D eigenvalue weighted by atomic mass is 9.71. The first-order valence-corrected chi connectivity index (χ1v) is 13.5. The predicted molar refractivity (Wildman–Crippen MR) is 142 cm³/mol. The summed E-state index contributed by atoms with van der Waals surface area (Å²) in [6.07, 6.45) is 11.9. The van der Waals surface area contributed by atoms with Crippen LogP contribution in [0.2, 0.25) is 0 Å². The zero-order valence-corrected chi connectivity index (χ0v) is 22.8. The summed E-state index contributed by atoms with van der Waals surface area (Å²) in [4.78, 5) is 24.1. The minimum atomic E-state index is -0.354. The van der Waals surface area contributed by atoms with Crippen molar-refractivity contribution in [3.8, 4) is 0 Å². The van der Waals surface area contributed by atoms with Gasteiger partial charge in [-0.1, -0.05) is 67.0 Å². The van der Waals surface area contributed by atoms with E-state index in [0.29, 0.717) is 5.41 Å². The molecule has 1 fully saturated rings. The Morgan fingerprint density at radius 2 is 1.94 bits per heavy atom. The highest BCUT2D eigenvalue weighted by Crippen LogP contribution is 2.42. The van der Waals surface area contributed by atoms with Crippen molar-refractivity contribution in [1.82, 2.24) is 0 Å². The highest BCUT2D eigenvalue weighted by molar-refractivity contribution is 5.72. The Kier molecular flexibility index (Phi) is 9.77. The second kappa shape index (κ2) is 12.4. The van der Waals surface area contributed by atoms with Crippen molar-refractivity contribution < 1.29 is 19.3 Å². The van der Waals surface area contributed by atoms with Crippen LogP contribution in [0, 0.1) is 11.3 Å². The van der Waals surface area contributed by atoms with E-state index in [4.69, 9.17) is 14.5 Å². The Morgan fingerprint density at radius 3 is 2.60 bits per heavy atom. The lowest BCUT2D eigenvalue weighted by Gasteiger charge is -2.37. The van der Waals surface area contributed by atoms with Gasteiger partial charge < -0.3 is 4.74 Å². The smallest absolute Gasteiger partial charge is 0.311 e. The minimum Gasteiger partial charge on any atom is -0.461 e. The van der Waals surface area contributed by atoms with Gasteiger partial charge >= 0.3 is 5.97 Å². The van der Waals surface area contributed by atoms with Crippen molar-refractivity contribution in [2.24, 2.45) is 11.3 Å². The normalized spacial score (nSPS) is 25.9. The van der Waals surface area contributed by atoms with E-state index in [9.17, 15) is 4.79 Å². The second-order valence-electron chi connectivity index (χ2n) is 11.7. The number of allylic oxidation sites excluding steroid dienone is 4. The van der Waals surface area contributed by atoms with Crippen LogP contribution in [0.25, 0.3) is 0 Å². The van der Waals surface area contributed by atoms with E-state index < -0.39 is 0 Å². The van der Waals surface area contributed by atoms with Crippen molar-refractivity contribution in [2.75, 3.05) is 0 Å². The summed E-state index contributed by atoms with van der Waals surface area (Å²) in [6, 6.07) is 9.74. The molecule has 0 bridgehead atoms. The summed E-state index contributed by atoms with van der Waals surface area (Å²) < 4.78 is 5.49. The maximum atomic E-state index is 12.5. The predicted octanol–water partition coefficient (Wildman–Crippen LogP) is 8.27. The first kappa shape index (κ1) is 27.7. The third-order valence-corrected chi connectivity index (χ3v) is 8.10. The van der Waals surface area contributed by atoms with Crippen LogP contribution in [-0.4, -0.2) is 17.7 Å². The van der Waals surface area contributed by atoms with Gasteiger partial charge in [-0.05, 0) is 96.5 Å². The summed E-state index contributed by atoms with van der Waals surface area (Å²) in [6.45, 7) is 13.7. The minimum absolute atomic E-state index is 0.240. The van der Waals surface area contributed by atoms with Crippen molar-refractivity contribution in [3.63, 3.8) is 0 Å². The maximum Gasteiger partial charge on any atom is 0.311 e. The molecule has 4 heteroatoms. The van der Waals surface area contributed by atoms with Crippen LogP contribution in [-0.2, 0) is 25.9 Å². The number of hydrogen-bond donors (Lipinski definition) is 0. The van der Waals surface area contributed by atoms with E-state index in [1.54, 1.807) is 11.1 Å². The van der Waals surface area contributed by atoms with Gasteiger partial charge in [0.2, 0.25) is 0 Å². The van der Waals surface area contributed by atoms with E-state index >= 15 is 0 Å². The molecule has 4 nitrogen and oxygen atoms in total. The molecule has 1 aliphatic carbocycles. The van der Waals surface area contributed by atoms with Crippen LogP contribution < -0.4 is 0 Å². The largest absolute Gasteiger partial charge is 0.461 e. The molecule has 1 aliphatic heterocycles. The monoisotopic (exact) mass is 482 g/mol. The third-order valence-electron chi connectivity index (χ3n) is 8.10. The van der Waals surface area contributed by atoms with Crippen LogP contribution in [0.3, 0.4) is 0 Å². The average Bonchev–Trinajstić information content (AvgIpc) is 2.82. The zero-order valence-electron chi connectivity index (χ0n) is 22.8. The number of hydrogen-bond acceptors (Lipinski definition) is 4. The lowest BCUT2D eigenvalue weighted by Crippen LogP contribution is -2.41. The molecule has 1 aromatic carbocycles. The summed E-state index contributed by atoms with van der Waals surface area (Å²) in [5.74, 6) is -0.594. The SMILES string of the molecule is CC(=CCC[C@]1(C)CC[C@@H]([C@H](C)C(=O)OCc2ccccc2)OO1)CCC1=C(C)CCCC1(C)C. The van der Waals surface area contributed by atoms with Gasteiger partial charge in [0.15, 0.2) is 0 Å². The molecule has 1 aromatic rings. The number of benzene rings is 1. The molecular weight excluding hydrogens is 436 g/mol. The molecule has 0 amide bonds. The van der Waals surface area contributed by atoms with Gasteiger partial charge in [0, 0.05) is 0 Å². The summed E-state index contributed by atoms with van der Waals surface area (Å²) in [5.41, 5.74) is 5.77. The Labute approximate surface area is 213 Å². The van der Waals surface area contributed by atoms with Gasteiger partial charge in [-0.3, -0.25) is 4.79 Å². The van der Waals surface area contributed by atoms with Crippen molar-refractivity contribution in [1.29, 1.82) is 0 Å². The van der Waals surface area contributed by atoms with Crippen LogP contribution in [0.1, 0.15) is 105 Å².